The number of carbonyl (C=O) groups excluding carboxylic acids is 1. The average molecular weight is 418 g/mol. The Bertz CT molecular complexity index is 933. The number of hydrogen-bond donors (Lipinski definition) is 1. The van der Waals surface area contributed by atoms with Crippen LogP contribution in [0, 0.1) is 5.21 Å². The number of hydrogen-bond acceptors (Lipinski definition) is 4. The number of anilines is 2. The highest BCUT2D eigenvalue weighted by Crippen LogP contribution is 2.54. The topological polar surface area (TPSA) is 64.6 Å². The van der Waals surface area contributed by atoms with Crippen LogP contribution in [0.4, 0.5) is 16.2 Å². The van der Waals surface area contributed by atoms with Crippen LogP contribution >= 0.6 is 12.4 Å². The number of ether oxygens (including phenoxy) is 1. The molecule has 3 atom stereocenters. The number of benzene rings is 2. The number of hydroxylamine groups is 3. The zero-order valence-electron chi connectivity index (χ0n) is 17.3. The van der Waals surface area contributed by atoms with Crippen LogP contribution in [0.1, 0.15) is 31.4 Å². The summed E-state index contributed by atoms with van der Waals surface area (Å²) < 4.78 is 5.30. The molecule has 0 aromatic heterocycles. The van der Waals surface area contributed by atoms with Crippen molar-refractivity contribution in [2.75, 3.05) is 30.9 Å². The molecule has 0 spiro atoms. The van der Waals surface area contributed by atoms with Crippen molar-refractivity contribution in [3.05, 3.63) is 58.8 Å². The summed E-state index contributed by atoms with van der Waals surface area (Å²) >= 11 is 0. The number of likely N-dealkylation sites (tertiary alicyclic amines) is 1. The van der Waals surface area contributed by atoms with Crippen molar-refractivity contribution in [3.63, 3.8) is 0 Å². The quantitative estimate of drug-likeness (QED) is 0.582. The molecule has 29 heavy (non-hydrogen) atoms. The molecule has 1 fully saturated rings. The summed E-state index contributed by atoms with van der Waals surface area (Å²) in [5.41, 5.74) is 3.70. The lowest BCUT2D eigenvalue weighted by Crippen LogP contribution is -2.54. The van der Waals surface area contributed by atoms with Gasteiger partial charge in [-0.3, -0.25) is 5.32 Å². The van der Waals surface area contributed by atoms with E-state index in [1.807, 2.05) is 50.4 Å². The van der Waals surface area contributed by atoms with Gasteiger partial charge in [-0.15, -0.1) is 12.4 Å². The van der Waals surface area contributed by atoms with Crippen molar-refractivity contribution < 1.29 is 14.2 Å². The molecule has 2 aromatic carbocycles. The molecule has 2 aliphatic heterocycles. The van der Waals surface area contributed by atoms with Crippen LogP contribution in [0.15, 0.2) is 42.5 Å². The molecular formula is C22H28ClN3O3. The van der Waals surface area contributed by atoms with Crippen LogP contribution in [0.25, 0.3) is 0 Å². The fourth-order valence-corrected chi connectivity index (χ4v) is 5.04. The number of quaternary nitrogens is 1. The van der Waals surface area contributed by atoms with Gasteiger partial charge in [0.25, 0.3) is 0 Å². The molecule has 7 heteroatoms. The minimum absolute atomic E-state index is 0. The maximum Gasteiger partial charge on any atom is 0.417 e. The maximum absolute atomic E-state index is 12.9. The van der Waals surface area contributed by atoms with E-state index in [1.165, 1.54) is 0 Å². The van der Waals surface area contributed by atoms with Gasteiger partial charge >= 0.3 is 6.09 Å². The first-order valence-electron chi connectivity index (χ1n) is 9.76. The molecule has 2 aromatic rings. The summed E-state index contributed by atoms with van der Waals surface area (Å²) in [6, 6.07) is 13.4. The summed E-state index contributed by atoms with van der Waals surface area (Å²) in [7, 11) is 3.72. The standard InChI is InChI=1S/C22H27N3O3.ClH/c1-5-15-8-6-7-9-18(15)23-21(26)28-16-10-11-19-17(14-16)22(2)12-13-25(4,27)20(22)24(19)3;/h6-11,14,20H,5,12-13H2,1-4H3,(H,23,26);1H/t20-,22-,25?;/m0./s1. The van der Waals surface area contributed by atoms with Crippen LogP contribution < -0.4 is 15.0 Å². The van der Waals surface area contributed by atoms with Gasteiger partial charge in [0.1, 0.15) is 5.75 Å². The molecule has 2 heterocycles. The minimum atomic E-state index is -0.509. The molecular weight excluding hydrogens is 390 g/mol. The lowest BCUT2D eigenvalue weighted by atomic mass is 9.81. The molecule has 1 amide bonds. The molecule has 1 unspecified atom stereocenters. The minimum Gasteiger partial charge on any atom is -0.631 e. The SMILES string of the molecule is CCc1ccccc1NC(=O)Oc1ccc2c(c1)[C@]1(C)CC[N+](C)([O-])[C@@H]1N2C.Cl. The van der Waals surface area contributed by atoms with Crippen LogP contribution in [0.2, 0.25) is 0 Å². The molecule has 6 nitrogen and oxygen atoms in total. The third-order valence-electron chi connectivity index (χ3n) is 6.34. The van der Waals surface area contributed by atoms with Gasteiger partial charge in [0.05, 0.1) is 19.0 Å². The summed E-state index contributed by atoms with van der Waals surface area (Å²) in [5, 5.41) is 15.8. The number of rotatable bonds is 3. The number of amides is 1. The van der Waals surface area contributed by atoms with E-state index in [1.54, 1.807) is 13.1 Å². The van der Waals surface area contributed by atoms with Gasteiger partial charge < -0.3 is 19.5 Å². The summed E-state index contributed by atoms with van der Waals surface area (Å²) in [4.78, 5) is 14.5. The van der Waals surface area contributed by atoms with E-state index in [0.717, 1.165) is 35.3 Å². The van der Waals surface area contributed by atoms with E-state index in [2.05, 4.69) is 17.1 Å². The van der Waals surface area contributed by atoms with Crippen molar-refractivity contribution in [2.24, 2.45) is 0 Å². The van der Waals surface area contributed by atoms with Gasteiger partial charge in [0.2, 0.25) is 0 Å². The zero-order chi connectivity index (χ0) is 20.1. The monoisotopic (exact) mass is 417 g/mol. The Labute approximate surface area is 178 Å². The summed E-state index contributed by atoms with van der Waals surface area (Å²) in [6.07, 6.45) is 0.982. The second-order valence-corrected chi connectivity index (χ2v) is 8.25. The smallest absolute Gasteiger partial charge is 0.417 e. The second-order valence-electron chi connectivity index (χ2n) is 8.25. The van der Waals surface area contributed by atoms with Crippen molar-refractivity contribution in [3.8, 4) is 5.75 Å². The van der Waals surface area contributed by atoms with Gasteiger partial charge in [0.15, 0.2) is 6.17 Å². The van der Waals surface area contributed by atoms with Gasteiger partial charge in [0, 0.05) is 24.8 Å². The van der Waals surface area contributed by atoms with E-state index in [-0.39, 0.29) is 28.6 Å². The highest BCUT2D eigenvalue weighted by Gasteiger charge is 2.58. The van der Waals surface area contributed by atoms with Crippen molar-refractivity contribution in [2.45, 2.75) is 38.3 Å². The molecule has 0 bridgehead atoms. The van der Waals surface area contributed by atoms with Crippen LogP contribution in [-0.4, -0.2) is 37.5 Å². The Morgan fingerprint density at radius 3 is 2.79 bits per heavy atom. The number of halogens is 1. The number of para-hydroxylation sites is 1. The maximum atomic E-state index is 12.9. The van der Waals surface area contributed by atoms with Gasteiger partial charge in [-0.25, -0.2) is 4.79 Å². The largest absolute Gasteiger partial charge is 0.631 e. The van der Waals surface area contributed by atoms with E-state index in [9.17, 15) is 10.0 Å². The predicted octanol–water partition coefficient (Wildman–Crippen LogP) is 4.66. The normalized spacial score (nSPS) is 27.1. The highest BCUT2D eigenvalue weighted by atomic mass is 35.5. The third kappa shape index (κ3) is 3.45. The van der Waals surface area contributed by atoms with Crippen LogP contribution in [0.5, 0.6) is 5.75 Å². The Morgan fingerprint density at radius 2 is 2.07 bits per heavy atom. The second kappa shape index (κ2) is 7.52. The Kier molecular flexibility index (Phi) is 5.56. The van der Waals surface area contributed by atoms with Crippen LogP contribution in [-0.2, 0) is 11.8 Å². The average Bonchev–Trinajstić information content (AvgIpc) is 3.04. The van der Waals surface area contributed by atoms with E-state index < -0.39 is 6.09 Å². The van der Waals surface area contributed by atoms with Gasteiger partial charge in [-0.1, -0.05) is 25.1 Å². The molecule has 0 radical (unpaired) electrons. The summed E-state index contributed by atoms with van der Waals surface area (Å²) in [5.74, 6) is 0.493. The molecule has 2 aliphatic rings. The number of nitrogens with one attached hydrogen (secondary N) is 1. The lowest BCUT2D eigenvalue weighted by Gasteiger charge is -2.44. The lowest BCUT2D eigenvalue weighted by molar-refractivity contribution is -0.874. The van der Waals surface area contributed by atoms with Crippen molar-refractivity contribution >= 4 is 29.9 Å². The summed E-state index contributed by atoms with van der Waals surface area (Å²) in [6.45, 7) is 4.77. The van der Waals surface area contributed by atoms with Gasteiger partial charge in [-0.2, -0.15) is 0 Å². The molecule has 0 aliphatic carbocycles. The van der Waals surface area contributed by atoms with Crippen LogP contribution in [0.3, 0.4) is 0 Å². The van der Waals surface area contributed by atoms with Crippen molar-refractivity contribution in [1.29, 1.82) is 0 Å². The molecule has 156 valence electrons. The fourth-order valence-electron chi connectivity index (χ4n) is 5.04. The van der Waals surface area contributed by atoms with Gasteiger partial charge in [-0.05, 0) is 48.7 Å². The predicted molar refractivity (Wildman–Crippen MR) is 118 cm³/mol. The Morgan fingerprint density at radius 1 is 1.34 bits per heavy atom. The number of fused-ring (bicyclic) bond motifs is 3. The first kappa shape index (κ1) is 21.4. The molecule has 1 N–H and O–H groups in total. The zero-order valence-corrected chi connectivity index (χ0v) is 18.1. The van der Waals surface area contributed by atoms with E-state index in [4.69, 9.17) is 4.74 Å². The number of nitrogens with zero attached hydrogens (tertiary/aromatic N) is 2. The fraction of sp³-hybridized carbons (Fsp3) is 0.409. The van der Waals surface area contributed by atoms with Crippen molar-refractivity contribution in [1.82, 2.24) is 0 Å². The number of aryl methyl sites for hydroxylation is 1. The third-order valence-corrected chi connectivity index (χ3v) is 6.34. The molecule has 4 rings (SSSR count). The van der Waals surface area contributed by atoms with E-state index in [0.29, 0.717) is 12.3 Å². The number of likely N-dealkylation sites (N-methyl/N-ethyl adjacent to an activating group) is 2. The molecule has 1 saturated heterocycles. The van der Waals surface area contributed by atoms with E-state index >= 15 is 0 Å². The first-order chi connectivity index (χ1) is 13.3. The molecule has 0 saturated carbocycles. The Balaban J connectivity index is 0.00000240. The Hall–Kier alpha value is -2.28. The highest BCUT2D eigenvalue weighted by molar-refractivity contribution is 5.87. The number of carbonyl (C=O) groups is 1. The first-order valence-corrected chi connectivity index (χ1v) is 9.76.